The lowest BCUT2D eigenvalue weighted by Gasteiger charge is -2.35. The summed E-state index contributed by atoms with van der Waals surface area (Å²) in [7, 11) is 0. The summed E-state index contributed by atoms with van der Waals surface area (Å²) >= 11 is 0. The van der Waals surface area contributed by atoms with Crippen LogP contribution in [0, 0.1) is 11.3 Å². The summed E-state index contributed by atoms with van der Waals surface area (Å²) in [5, 5.41) is 13.0. The molecule has 34 heavy (non-hydrogen) atoms. The molecule has 8 heteroatoms. The predicted octanol–water partition coefficient (Wildman–Crippen LogP) is 2.49. The standard InChI is InChI=1S/C26H31N5O3/c27-17-21-20-9-4-5-10-22(20)31(19-7-2-1-3-8-19)25(21)28-24(32)18-29-12-14-30(15-13-29)26(33)23-11-6-16-34-23/h1-3,7-8,23H,4-6,9-16,18H2,(H,28,32). The number of carbonyl (C=O) groups excluding carboxylic acids is 2. The molecule has 1 aliphatic carbocycles. The minimum absolute atomic E-state index is 0.0755. The van der Waals surface area contributed by atoms with Crippen LogP contribution in [0.1, 0.15) is 42.5 Å². The third-order valence-electron chi connectivity index (χ3n) is 7.11. The van der Waals surface area contributed by atoms with Crippen LogP contribution in [-0.4, -0.2) is 71.6 Å². The van der Waals surface area contributed by atoms with E-state index in [1.807, 2.05) is 35.2 Å². The number of fused-ring (bicyclic) bond motifs is 1. The van der Waals surface area contributed by atoms with Crippen molar-refractivity contribution in [1.29, 1.82) is 5.26 Å². The van der Waals surface area contributed by atoms with E-state index in [2.05, 4.69) is 20.9 Å². The number of hydrogen-bond acceptors (Lipinski definition) is 5. The molecule has 1 aromatic carbocycles. The maximum absolute atomic E-state index is 13.1. The van der Waals surface area contributed by atoms with E-state index in [-0.39, 0.29) is 24.5 Å². The molecule has 1 N–H and O–H groups in total. The average molecular weight is 462 g/mol. The van der Waals surface area contributed by atoms with Crippen molar-refractivity contribution in [3.63, 3.8) is 0 Å². The largest absolute Gasteiger partial charge is 0.368 e. The molecule has 2 aromatic rings. The van der Waals surface area contributed by atoms with Crippen molar-refractivity contribution in [2.24, 2.45) is 0 Å². The molecular formula is C26H31N5O3. The number of benzene rings is 1. The number of nitrogens with one attached hydrogen (secondary N) is 1. The molecule has 0 radical (unpaired) electrons. The third kappa shape index (κ3) is 4.46. The zero-order valence-corrected chi connectivity index (χ0v) is 19.5. The monoisotopic (exact) mass is 461 g/mol. The molecule has 0 saturated carbocycles. The summed E-state index contributed by atoms with van der Waals surface area (Å²) in [6.07, 6.45) is 5.34. The minimum atomic E-state index is -0.295. The Bertz CT molecular complexity index is 1090. The zero-order valence-electron chi connectivity index (χ0n) is 19.5. The first kappa shape index (κ1) is 22.6. The number of ether oxygens (including phenoxy) is 1. The topological polar surface area (TPSA) is 90.6 Å². The van der Waals surface area contributed by atoms with E-state index in [0.29, 0.717) is 44.2 Å². The molecule has 1 atom stereocenters. The summed E-state index contributed by atoms with van der Waals surface area (Å²) in [5.74, 6) is 0.520. The highest BCUT2D eigenvalue weighted by Gasteiger charge is 2.31. The Morgan fingerprint density at radius 2 is 1.82 bits per heavy atom. The van der Waals surface area contributed by atoms with Gasteiger partial charge in [-0.25, -0.2) is 0 Å². The molecule has 8 nitrogen and oxygen atoms in total. The van der Waals surface area contributed by atoms with Gasteiger partial charge in [-0.15, -0.1) is 0 Å². The Morgan fingerprint density at radius 1 is 1.06 bits per heavy atom. The van der Waals surface area contributed by atoms with Gasteiger partial charge in [0.1, 0.15) is 18.0 Å². The van der Waals surface area contributed by atoms with Crippen LogP contribution >= 0.6 is 0 Å². The number of amides is 2. The van der Waals surface area contributed by atoms with Crippen molar-refractivity contribution < 1.29 is 14.3 Å². The normalized spacial score (nSPS) is 20.6. The Morgan fingerprint density at radius 3 is 2.53 bits per heavy atom. The fourth-order valence-corrected chi connectivity index (χ4v) is 5.37. The number of aromatic nitrogens is 1. The zero-order chi connectivity index (χ0) is 23.5. The van der Waals surface area contributed by atoms with Gasteiger partial charge in [0, 0.05) is 44.2 Å². The number of rotatable bonds is 5. The van der Waals surface area contributed by atoms with E-state index in [1.165, 1.54) is 0 Å². The molecule has 178 valence electrons. The molecule has 5 rings (SSSR count). The first-order valence-corrected chi connectivity index (χ1v) is 12.3. The highest BCUT2D eigenvalue weighted by molar-refractivity contribution is 5.94. The Hall–Kier alpha value is -3.15. The van der Waals surface area contributed by atoms with Gasteiger partial charge >= 0.3 is 0 Å². The lowest BCUT2D eigenvalue weighted by atomic mass is 9.95. The van der Waals surface area contributed by atoms with Gasteiger partial charge in [-0.05, 0) is 56.2 Å². The van der Waals surface area contributed by atoms with E-state index in [9.17, 15) is 14.9 Å². The Labute approximate surface area is 200 Å². The molecule has 2 aliphatic heterocycles. The van der Waals surface area contributed by atoms with Crippen molar-refractivity contribution in [2.45, 2.75) is 44.6 Å². The predicted molar refractivity (Wildman–Crippen MR) is 128 cm³/mol. The summed E-state index contributed by atoms with van der Waals surface area (Å²) in [6, 6.07) is 12.3. The van der Waals surface area contributed by atoms with Gasteiger partial charge in [0.2, 0.25) is 5.91 Å². The Kier molecular flexibility index (Phi) is 6.66. The maximum Gasteiger partial charge on any atom is 0.251 e. The molecular weight excluding hydrogens is 430 g/mol. The van der Waals surface area contributed by atoms with E-state index in [1.54, 1.807) is 0 Å². The van der Waals surface area contributed by atoms with Gasteiger partial charge in [0.15, 0.2) is 0 Å². The van der Waals surface area contributed by atoms with Gasteiger partial charge < -0.3 is 15.0 Å². The van der Waals surface area contributed by atoms with E-state index < -0.39 is 0 Å². The van der Waals surface area contributed by atoms with Crippen molar-refractivity contribution >= 4 is 17.6 Å². The molecule has 2 amide bonds. The fourth-order valence-electron chi connectivity index (χ4n) is 5.37. The van der Waals surface area contributed by atoms with E-state index in [0.717, 1.165) is 55.5 Å². The lowest BCUT2D eigenvalue weighted by Crippen LogP contribution is -2.52. The number of nitriles is 1. The van der Waals surface area contributed by atoms with Crippen LogP contribution < -0.4 is 5.32 Å². The SMILES string of the molecule is N#Cc1c2c(n(-c3ccccc3)c1NC(=O)CN1CCN(C(=O)C3CCCO3)CC1)CCCC2. The van der Waals surface area contributed by atoms with Crippen LogP contribution in [0.4, 0.5) is 5.82 Å². The van der Waals surface area contributed by atoms with E-state index in [4.69, 9.17) is 4.74 Å². The summed E-state index contributed by atoms with van der Waals surface area (Å²) in [6.45, 7) is 3.39. The molecule has 0 bridgehead atoms. The number of anilines is 1. The van der Waals surface area contributed by atoms with Crippen LogP contribution in [0.2, 0.25) is 0 Å². The maximum atomic E-state index is 13.1. The highest BCUT2D eigenvalue weighted by Crippen LogP contribution is 2.35. The van der Waals surface area contributed by atoms with Gasteiger partial charge in [-0.2, -0.15) is 5.26 Å². The minimum Gasteiger partial charge on any atom is -0.368 e. The molecule has 3 aliphatic rings. The molecule has 1 aromatic heterocycles. The summed E-state index contributed by atoms with van der Waals surface area (Å²) in [4.78, 5) is 29.6. The van der Waals surface area contributed by atoms with Crippen LogP contribution in [-0.2, 0) is 27.2 Å². The molecule has 3 heterocycles. The summed E-state index contributed by atoms with van der Waals surface area (Å²) in [5.41, 5.74) is 3.73. The first-order valence-electron chi connectivity index (χ1n) is 12.3. The lowest BCUT2D eigenvalue weighted by molar-refractivity contribution is -0.142. The van der Waals surface area contributed by atoms with Crippen LogP contribution in [0.3, 0.4) is 0 Å². The molecule has 2 saturated heterocycles. The van der Waals surface area contributed by atoms with Crippen LogP contribution in [0.5, 0.6) is 0 Å². The van der Waals surface area contributed by atoms with Crippen LogP contribution in [0.25, 0.3) is 5.69 Å². The van der Waals surface area contributed by atoms with E-state index >= 15 is 0 Å². The van der Waals surface area contributed by atoms with Gasteiger partial charge in [-0.1, -0.05) is 18.2 Å². The number of hydrogen-bond donors (Lipinski definition) is 1. The summed E-state index contributed by atoms with van der Waals surface area (Å²) < 4.78 is 7.59. The second kappa shape index (κ2) is 10.00. The van der Waals surface area contributed by atoms with Crippen molar-refractivity contribution in [3.8, 4) is 11.8 Å². The second-order valence-electron chi connectivity index (χ2n) is 9.29. The number of carbonyl (C=O) groups is 2. The van der Waals surface area contributed by atoms with Crippen molar-refractivity contribution in [2.75, 3.05) is 44.6 Å². The first-order chi connectivity index (χ1) is 16.7. The van der Waals surface area contributed by atoms with Gasteiger partial charge in [0.25, 0.3) is 5.91 Å². The molecule has 2 fully saturated rings. The quantitative estimate of drug-likeness (QED) is 0.739. The highest BCUT2D eigenvalue weighted by atomic mass is 16.5. The van der Waals surface area contributed by atoms with Crippen molar-refractivity contribution in [1.82, 2.24) is 14.4 Å². The Balaban J connectivity index is 1.28. The number of para-hydroxylation sites is 1. The molecule has 0 spiro atoms. The average Bonchev–Trinajstić information content (AvgIpc) is 3.51. The fraction of sp³-hybridized carbons (Fsp3) is 0.500. The number of piperazine rings is 1. The number of nitrogens with zero attached hydrogens (tertiary/aromatic N) is 4. The third-order valence-corrected chi connectivity index (χ3v) is 7.11. The van der Waals surface area contributed by atoms with Gasteiger partial charge in [0.05, 0.1) is 12.1 Å². The molecule has 1 unspecified atom stereocenters. The smallest absolute Gasteiger partial charge is 0.251 e. The van der Waals surface area contributed by atoms with Crippen LogP contribution in [0.15, 0.2) is 30.3 Å². The van der Waals surface area contributed by atoms with Gasteiger partial charge in [-0.3, -0.25) is 19.1 Å². The second-order valence-corrected chi connectivity index (χ2v) is 9.29. The van der Waals surface area contributed by atoms with Crippen molar-refractivity contribution in [3.05, 3.63) is 47.2 Å².